The highest BCUT2D eigenvalue weighted by Gasteiger charge is 2.33. The summed E-state index contributed by atoms with van der Waals surface area (Å²) in [7, 11) is 4.32. The predicted molar refractivity (Wildman–Crippen MR) is 171 cm³/mol. The number of fused-ring (bicyclic) bond motifs is 1. The molecule has 2 aromatic carbocycles. The highest BCUT2D eigenvalue weighted by Crippen LogP contribution is 2.23. The van der Waals surface area contributed by atoms with E-state index in [2.05, 4.69) is 16.0 Å². The van der Waals surface area contributed by atoms with Gasteiger partial charge in [0.05, 0.1) is 6.10 Å². The van der Waals surface area contributed by atoms with Crippen LogP contribution in [0.3, 0.4) is 0 Å². The van der Waals surface area contributed by atoms with Gasteiger partial charge in [-0.25, -0.2) is 4.79 Å². The summed E-state index contributed by atoms with van der Waals surface area (Å²) in [5.41, 5.74) is 5.87. The van der Waals surface area contributed by atoms with Gasteiger partial charge in [-0.2, -0.15) is 0 Å². The van der Waals surface area contributed by atoms with Crippen LogP contribution in [0.5, 0.6) is 0 Å². The van der Waals surface area contributed by atoms with E-state index in [1.807, 2.05) is 42.5 Å². The summed E-state index contributed by atoms with van der Waals surface area (Å²) in [5, 5.41) is 20.6. The molecule has 0 radical (unpaired) electrons. The molecule has 1 unspecified atom stereocenters. The number of nitrogens with two attached hydrogens (primary N) is 1. The fourth-order valence-electron chi connectivity index (χ4n) is 4.57. The zero-order valence-corrected chi connectivity index (χ0v) is 27.3. The maximum Gasteiger partial charge on any atom is 0.411 e. The summed E-state index contributed by atoms with van der Waals surface area (Å²) in [5.74, 6) is -1.67. The van der Waals surface area contributed by atoms with Crippen molar-refractivity contribution in [1.29, 1.82) is 0 Å². The average molecular weight is 632 g/mol. The SMILES string of the molecule is COC(CCC(CCCC(=O)Nc1cccc2ccccc12)NC(=O)[C@@H](NC(=O)[C@H](N)N(C)C(=O)OC(C)(C)C)[C@H](C)O)OC. The van der Waals surface area contributed by atoms with E-state index in [1.165, 1.54) is 28.2 Å². The minimum Gasteiger partial charge on any atom is -0.444 e. The zero-order valence-electron chi connectivity index (χ0n) is 27.3. The second kappa shape index (κ2) is 17.6. The number of carbonyl (C=O) groups excluding carboxylic acids is 4. The van der Waals surface area contributed by atoms with E-state index >= 15 is 0 Å². The van der Waals surface area contributed by atoms with Crippen LogP contribution in [0, 0.1) is 0 Å². The van der Waals surface area contributed by atoms with Gasteiger partial charge in [0.1, 0.15) is 11.6 Å². The lowest BCUT2D eigenvalue weighted by molar-refractivity contribution is -0.134. The standard InChI is InChI=1S/C32H49N5O8/c1-20(38)27(36-30(41)28(33)37(5)31(42)45-32(2,3)4)29(40)34-22(18-19-26(43-6)44-7)14-11-17-25(39)35-24-16-10-13-21-12-8-9-15-23(21)24/h8-10,12-13,15-16,20,22,26-28,38H,11,14,17-19,33H2,1-7H3,(H,34,40)(H,35,39)(H,36,41)/t20-,22?,27-,28+/m0/s1. The number of hydrogen-bond acceptors (Lipinski definition) is 9. The number of methoxy groups -OCH3 is 2. The van der Waals surface area contributed by atoms with Crippen molar-refractivity contribution in [3.8, 4) is 0 Å². The Kier molecular flexibility index (Phi) is 14.7. The molecule has 0 saturated heterocycles. The Bertz CT molecular complexity index is 1270. The normalized spacial score (nSPS) is 14.3. The third-order valence-corrected chi connectivity index (χ3v) is 7.07. The number of ether oxygens (including phenoxy) is 3. The Morgan fingerprint density at radius 2 is 1.58 bits per heavy atom. The van der Waals surface area contributed by atoms with Gasteiger partial charge >= 0.3 is 6.09 Å². The van der Waals surface area contributed by atoms with E-state index in [9.17, 15) is 24.3 Å². The Labute approximate surface area is 265 Å². The topological polar surface area (TPSA) is 182 Å². The predicted octanol–water partition coefficient (Wildman–Crippen LogP) is 2.85. The van der Waals surface area contributed by atoms with Crippen molar-refractivity contribution in [2.75, 3.05) is 26.6 Å². The molecule has 45 heavy (non-hydrogen) atoms. The van der Waals surface area contributed by atoms with Gasteiger partial charge in [-0.05, 0) is 58.4 Å². The van der Waals surface area contributed by atoms with E-state index in [1.54, 1.807) is 20.8 Å². The fourth-order valence-corrected chi connectivity index (χ4v) is 4.57. The maximum atomic E-state index is 13.3. The molecular formula is C32H49N5O8. The van der Waals surface area contributed by atoms with Gasteiger partial charge < -0.3 is 41.0 Å². The van der Waals surface area contributed by atoms with Crippen LogP contribution in [0.25, 0.3) is 10.8 Å². The molecule has 0 aliphatic heterocycles. The molecular weight excluding hydrogens is 582 g/mol. The van der Waals surface area contributed by atoms with E-state index < -0.39 is 54.2 Å². The van der Waals surface area contributed by atoms with Gasteiger partial charge in [0.25, 0.3) is 5.91 Å². The van der Waals surface area contributed by atoms with Crippen molar-refractivity contribution >= 4 is 40.3 Å². The molecule has 13 nitrogen and oxygen atoms in total. The lowest BCUT2D eigenvalue weighted by atomic mass is 10.0. The molecule has 0 aliphatic rings. The molecule has 0 heterocycles. The quantitative estimate of drug-likeness (QED) is 0.174. The summed E-state index contributed by atoms with van der Waals surface area (Å²) in [4.78, 5) is 52.3. The molecule has 2 aromatic rings. The van der Waals surface area contributed by atoms with Crippen molar-refractivity contribution in [1.82, 2.24) is 15.5 Å². The lowest BCUT2D eigenvalue weighted by Crippen LogP contribution is -2.60. The van der Waals surface area contributed by atoms with Crippen molar-refractivity contribution in [2.24, 2.45) is 5.73 Å². The molecule has 0 bridgehead atoms. The number of aliphatic hydroxyl groups excluding tert-OH is 1. The van der Waals surface area contributed by atoms with Gasteiger partial charge in [0.2, 0.25) is 11.8 Å². The Balaban J connectivity index is 2.05. The molecule has 0 fully saturated rings. The minimum atomic E-state index is -1.48. The number of aliphatic hydroxyl groups is 1. The third kappa shape index (κ3) is 12.3. The number of rotatable bonds is 16. The second-order valence-corrected chi connectivity index (χ2v) is 11.9. The van der Waals surface area contributed by atoms with E-state index in [0.29, 0.717) is 25.7 Å². The van der Waals surface area contributed by atoms with E-state index in [-0.39, 0.29) is 12.3 Å². The van der Waals surface area contributed by atoms with Crippen LogP contribution in [-0.2, 0) is 28.6 Å². The highest BCUT2D eigenvalue weighted by atomic mass is 16.7. The molecule has 0 spiro atoms. The molecule has 0 saturated carbocycles. The van der Waals surface area contributed by atoms with Crippen LogP contribution in [0.15, 0.2) is 42.5 Å². The van der Waals surface area contributed by atoms with Crippen LogP contribution in [-0.4, -0.2) is 91.3 Å². The Hall–Kier alpha value is -3.78. The molecule has 4 atom stereocenters. The van der Waals surface area contributed by atoms with Gasteiger partial charge in [-0.1, -0.05) is 36.4 Å². The molecule has 6 N–H and O–H groups in total. The Morgan fingerprint density at radius 1 is 0.933 bits per heavy atom. The molecule has 2 rings (SSSR count). The molecule has 0 aromatic heterocycles. The first-order valence-electron chi connectivity index (χ1n) is 15.0. The monoisotopic (exact) mass is 631 g/mol. The van der Waals surface area contributed by atoms with Crippen LogP contribution in [0.2, 0.25) is 0 Å². The first kappa shape index (κ1) is 37.4. The van der Waals surface area contributed by atoms with Crippen molar-refractivity contribution in [3.05, 3.63) is 42.5 Å². The van der Waals surface area contributed by atoms with Crippen LogP contribution in [0.4, 0.5) is 10.5 Å². The number of nitrogens with zero attached hydrogens (tertiary/aromatic N) is 1. The largest absolute Gasteiger partial charge is 0.444 e. The summed E-state index contributed by atoms with van der Waals surface area (Å²) in [6, 6.07) is 11.7. The smallest absolute Gasteiger partial charge is 0.411 e. The summed E-state index contributed by atoms with van der Waals surface area (Å²) < 4.78 is 15.8. The molecule has 250 valence electrons. The minimum absolute atomic E-state index is 0.166. The number of likely N-dealkylation sites (N-methyl/N-ethyl adjacent to an activating group) is 1. The van der Waals surface area contributed by atoms with Gasteiger partial charge in [0, 0.05) is 51.2 Å². The van der Waals surface area contributed by atoms with E-state index in [4.69, 9.17) is 19.9 Å². The number of anilines is 1. The summed E-state index contributed by atoms with van der Waals surface area (Å²) in [6.07, 6.45) is -2.14. The van der Waals surface area contributed by atoms with Crippen molar-refractivity contribution < 1.29 is 38.5 Å². The number of amides is 4. The number of carbonyl (C=O) groups is 4. The first-order valence-corrected chi connectivity index (χ1v) is 15.0. The lowest BCUT2D eigenvalue weighted by Gasteiger charge is -2.30. The third-order valence-electron chi connectivity index (χ3n) is 7.07. The van der Waals surface area contributed by atoms with Gasteiger partial charge in [-0.3, -0.25) is 19.3 Å². The van der Waals surface area contributed by atoms with Gasteiger partial charge in [-0.15, -0.1) is 0 Å². The van der Waals surface area contributed by atoms with Crippen LogP contribution in [0.1, 0.15) is 59.8 Å². The molecule has 4 amide bonds. The number of hydrogen-bond donors (Lipinski definition) is 5. The van der Waals surface area contributed by atoms with Crippen molar-refractivity contribution in [2.45, 2.75) is 96.0 Å². The number of nitrogens with one attached hydrogen (secondary N) is 3. The second-order valence-electron chi connectivity index (χ2n) is 11.9. The highest BCUT2D eigenvalue weighted by molar-refractivity contribution is 6.02. The molecule has 0 aliphatic carbocycles. The van der Waals surface area contributed by atoms with Crippen molar-refractivity contribution in [3.63, 3.8) is 0 Å². The molecule has 13 heteroatoms. The summed E-state index contributed by atoms with van der Waals surface area (Å²) in [6.45, 7) is 6.38. The van der Waals surface area contributed by atoms with E-state index in [0.717, 1.165) is 21.4 Å². The number of benzene rings is 2. The zero-order chi connectivity index (χ0) is 33.7. The first-order chi connectivity index (χ1) is 21.2. The van der Waals surface area contributed by atoms with Crippen LogP contribution >= 0.6 is 0 Å². The maximum absolute atomic E-state index is 13.3. The Morgan fingerprint density at radius 3 is 2.20 bits per heavy atom. The average Bonchev–Trinajstić information content (AvgIpc) is 2.98. The fraction of sp³-hybridized carbons (Fsp3) is 0.562. The van der Waals surface area contributed by atoms with Gasteiger partial charge in [0.15, 0.2) is 12.5 Å². The van der Waals surface area contributed by atoms with Crippen LogP contribution < -0.4 is 21.7 Å². The summed E-state index contributed by atoms with van der Waals surface area (Å²) >= 11 is 0.